The molecule has 0 saturated heterocycles. The first-order valence-electron chi connectivity index (χ1n) is 7.31. The van der Waals surface area contributed by atoms with E-state index in [2.05, 4.69) is 10.3 Å². The Balaban J connectivity index is 1.64. The maximum absolute atomic E-state index is 12.8. The fourth-order valence-electron chi connectivity index (χ4n) is 1.84. The molecule has 0 spiro atoms. The van der Waals surface area contributed by atoms with Crippen molar-refractivity contribution in [2.24, 2.45) is 0 Å². The molecule has 0 aliphatic heterocycles. The minimum atomic E-state index is -0.602. The zero-order valence-corrected chi connectivity index (χ0v) is 13.9. The van der Waals surface area contributed by atoms with Gasteiger partial charge < -0.3 is 10.1 Å². The minimum Gasteiger partial charge on any atom is -0.452 e. The first-order chi connectivity index (χ1) is 11.5. The minimum absolute atomic E-state index is 0.296. The third kappa shape index (κ3) is 6.29. The van der Waals surface area contributed by atoms with E-state index in [0.29, 0.717) is 18.7 Å². The molecule has 0 bridgehead atoms. The van der Waals surface area contributed by atoms with Gasteiger partial charge in [0.05, 0.1) is 10.7 Å². The molecule has 24 heavy (non-hydrogen) atoms. The van der Waals surface area contributed by atoms with E-state index in [4.69, 9.17) is 4.74 Å². The summed E-state index contributed by atoms with van der Waals surface area (Å²) in [5, 5.41) is 5.36. The van der Waals surface area contributed by atoms with E-state index in [1.54, 1.807) is 12.1 Å². The van der Waals surface area contributed by atoms with Crippen LogP contribution in [0.3, 0.4) is 0 Å². The predicted octanol–water partition coefficient (Wildman–Crippen LogP) is 2.51. The van der Waals surface area contributed by atoms with Crippen molar-refractivity contribution >= 4 is 29.3 Å². The lowest BCUT2D eigenvalue weighted by atomic mass is 10.1. The van der Waals surface area contributed by atoms with Crippen LogP contribution in [0.2, 0.25) is 0 Å². The zero-order chi connectivity index (χ0) is 17.4. The second-order valence-electron chi connectivity index (χ2n) is 4.96. The summed E-state index contributed by atoms with van der Waals surface area (Å²) in [5.41, 5.74) is 1.59. The summed E-state index contributed by atoms with van der Waals surface area (Å²) in [6.07, 6.45) is 3.35. The smallest absolute Gasteiger partial charge is 0.331 e. The molecule has 0 atom stereocenters. The quantitative estimate of drug-likeness (QED) is 0.617. The van der Waals surface area contributed by atoms with Crippen LogP contribution in [0.15, 0.2) is 35.7 Å². The number of amides is 1. The molecule has 1 N–H and O–H groups in total. The second-order valence-corrected chi connectivity index (χ2v) is 6.02. The van der Waals surface area contributed by atoms with Crippen LogP contribution in [-0.4, -0.2) is 30.0 Å². The number of carbonyl (C=O) groups is 2. The molecule has 126 valence electrons. The molecule has 1 amide bonds. The topological polar surface area (TPSA) is 68.3 Å². The first kappa shape index (κ1) is 17.8. The maximum Gasteiger partial charge on any atom is 0.331 e. The highest BCUT2D eigenvalue weighted by atomic mass is 32.1. The average Bonchev–Trinajstić information content (AvgIpc) is 2.98. The molecule has 0 saturated carbocycles. The van der Waals surface area contributed by atoms with Crippen molar-refractivity contribution in [3.63, 3.8) is 0 Å². The number of hydrogen-bond donors (Lipinski definition) is 1. The lowest BCUT2D eigenvalue weighted by Crippen LogP contribution is -2.30. The number of rotatable bonds is 7. The van der Waals surface area contributed by atoms with Crippen molar-refractivity contribution in [1.29, 1.82) is 0 Å². The molecule has 0 unspecified atom stereocenters. The number of nitrogens with zero attached hydrogens (tertiary/aromatic N) is 1. The van der Waals surface area contributed by atoms with Gasteiger partial charge >= 0.3 is 5.97 Å². The SMILES string of the molecule is Cc1nc(C=CC(=O)OCC(=O)NCCc2ccc(F)cc2)cs1. The van der Waals surface area contributed by atoms with Gasteiger partial charge in [-0.15, -0.1) is 11.3 Å². The van der Waals surface area contributed by atoms with Crippen LogP contribution in [0, 0.1) is 12.7 Å². The van der Waals surface area contributed by atoms with E-state index >= 15 is 0 Å². The Hall–Kier alpha value is -2.54. The van der Waals surface area contributed by atoms with Crippen molar-refractivity contribution in [3.8, 4) is 0 Å². The van der Waals surface area contributed by atoms with E-state index in [0.717, 1.165) is 10.6 Å². The Kier molecular flexibility index (Phi) is 6.62. The normalized spacial score (nSPS) is 10.8. The molecule has 1 aromatic carbocycles. The van der Waals surface area contributed by atoms with Crippen molar-refractivity contribution < 1.29 is 18.7 Å². The van der Waals surface area contributed by atoms with Crippen molar-refractivity contribution in [2.45, 2.75) is 13.3 Å². The Bertz CT molecular complexity index is 726. The fourth-order valence-corrected chi connectivity index (χ4v) is 2.42. The van der Waals surface area contributed by atoms with Crippen molar-refractivity contribution in [2.75, 3.05) is 13.2 Å². The largest absolute Gasteiger partial charge is 0.452 e. The number of aromatic nitrogens is 1. The Morgan fingerprint density at radius 1 is 1.33 bits per heavy atom. The molecule has 5 nitrogen and oxygen atoms in total. The lowest BCUT2D eigenvalue weighted by molar-refractivity contribution is -0.143. The van der Waals surface area contributed by atoms with Crippen molar-refractivity contribution in [3.05, 3.63) is 57.8 Å². The van der Waals surface area contributed by atoms with Gasteiger partial charge in [-0.25, -0.2) is 14.2 Å². The van der Waals surface area contributed by atoms with Crippen LogP contribution >= 0.6 is 11.3 Å². The monoisotopic (exact) mass is 348 g/mol. The maximum atomic E-state index is 12.8. The highest BCUT2D eigenvalue weighted by molar-refractivity contribution is 7.09. The van der Waals surface area contributed by atoms with E-state index in [1.165, 1.54) is 35.6 Å². The molecule has 0 fully saturated rings. The van der Waals surface area contributed by atoms with E-state index < -0.39 is 5.97 Å². The summed E-state index contributed by atoms with van der Waals surface area (Å²) >= 11 is 1.48. The molecular formula is C17H17FN2O3S. The van der Waals surface area contributed by atoms with Crippen LogP contribution < -0.4 is 5.32 Å². The molecular weight excluding hydrogens is 331 g/mol. The number of ether oxygens (including phenoxy) is 1. The van der Waals surface area contributed by atoms with Crippen molar-refractivity contribution in [1.82, 2.24) is 10.3 Å². The summed E-state index contributed by atoms with van der Waals surface area (Å²) in [6, 6.07) is 6.06. The van der Waals surface area contributed by atoms with Gasteiger partial charge in [0.15, 0.2) is 6.61 Å². The molecule has 0 aliphatic rings. The Labute approximate surface area is 143 Å². The summed E-state index contributed by atoms with van der Waals surface area (Å²) in [5.74, 6) is -1.28. The highest BCUT2D eigenvalue weighted by Gasteiger charge is 2.05. The molecule has 2 rings (SSSR count). The molecule has 0 aliphatic carbocycles. The number of aryl methyl sites for hydroxylation is 1. The predicted molar refractivity (Wildman–Crippen MR) is 90.0 cm³/mol. The Morgan fingerprint density at radius 2 is 2.08 bits per heavy atom. The zero-order valence-electron chi connectivity index (χ0n) is 13.1. The summed E-state index contributed by atoms with van der Waals surface area (Å²) < 4.78 is 17.6. The standard InChI is InChI=1S/C17H17FN2O3S/c1-12-20-15(11-24-12)6-7-17(22)23-10-16(21)19-9-8-13-2-4-14(18)5-3-13/h2-7,11H,8-10H2,1H3,(H,19,21). The van der Waals surface area contributed by atoms with Crippen LogP contribution in [0.25, 0.3) is 6.08 Å². The van der Waals surface area contributed by atoms with Gasteiger partial charge in [0, 0.05) is 18.0 Å². The molecule has 2 aromatic rings. The number of benzene rings is 1. The van der Waals surface area contributed by atoms with Gasteiger partial charge in [-0.2, -0.15) is 0 Å². The van der Waals surface area contributed by atoms with E-state index in [-0.39, 0.29) is 18.3 Å². The fraction of sp³-hybridized carbons (Fsp3) is 0.235. The van der Waals surface area contributed by atoms with Gasteiger partial charge in [0.1, 0.15) is 5.82 Å². The number of nitrogens with one attached hydrogen (secondary N) is 1. The van der Waals surface area contributed by atoms with E-state index in [1.807, 2.05) is 12.3 Å². The number of carbonyl (C=O) groups excluding carboxylic acids is 2. The average molecular weight is 348 g/mol. The van der Waals surface area contributed by atoms with Gasteiger partial charge in [-0.05, 0) is 37.1 Å². The molecule has 7 heteroatoms. The van der Waals surface area contributed by atoms with Gasteiger partial charge in [-0.1, -0.05) is 12.1 Å². The molecule has 1 aromatic heterocycles. The third-order valence-corrected chi connectivity index (χ3v) is 3.81. The summed E-state index contributed by atoms with van der Waals surface area (Å²) in [7, 11) is 0. The summed E-state index contributed by atoms with van der Waals surface area (Å²) in [4.78, 5) is 27.3. The third-order valence-electron chi connectivity index (χ3n) is 3.02. The van der Waals surface area contributed by atoms with E-state index in [9.17, 15) is 14.0 Å². The van der Waals surface area contributed by atoms with Gasteiger partial charge in [0.2, 0.25) is 0 Å². The number of hydrogen-bond acceptors (Lipinski definition) is 5. The molecule has 1 heterocycles. The van der Waals surface area contributed by atoms with Crippen LogP contribution in [0.4, 0.5) is 4.39 Å². The number of halogens is 1. The van der Waals surface area contributed by atoms with Crippen LogP contribution in [0.5, 0.6) is 0 Å². The molecule has 0 radical (unpaired) electrons. The van der Waals surface area contributed by atoms with Gasteiger partial charge in [0.25, 0.3) is 5.91 Å². The number of thiazole rings is 1. The first-order valence-corrected chi connectivity index (χ1v) is 8.19. The number of esters is 1. The van der Waals surface area contributed by atoms with Crippen LogP contribution in [-0.2, 0) is 20.7 Å². The highest BCUT2D eigenvalue weighted by Crippen LogP contribution is 2.09. The summed E-state index contributed by atoms with van der Waals surface area (Å²) in [6.45, 7) is 1.91. The second kappa shape index (κ2) is 8.93. The van der Waals surface area contributed by atoms with Gasteiger partial charge in [-0.3, -0.25) is 4.79 Å². The lowest BCUT2D eigenvalue weighted by Gasteiger charge is -2.05. The van der Waals surface area contributed by atoms with Crippen LogP contribution in [0.1, 0.15) is 16.3 Å². The Morgan fingerprint density at radius 3 is 2.75 bits per heavy atom.